The van der Waals surface area contributed by atoms with Crippen molar-refractivity contribution in [1.29, 1.82) is 0 Å². The van der Waals surface area contributed by atoms with Gasteiger partial charge in [0.15, 0.2) is 0 Å². The van der Waals surface area contributed by atoms with Crippen molar-refractivity contribution in [2.24, 2.45) is 18.4 Å². The molecule has 2 saturated carbocycles. The van der Waals surface area contributed by atoms with Gasteiger partial charge in [0.2, 0.25) is 0 Å². The quantitative estimate of drug-likeness (QED) is 0.862. The lowest BCUT2D eigenvalue weighted by atomic mass is 9.79. The van der Waals surface area contributed by atoms with Gasteiger partial charge in [0.1, 0.15) is 0 Å². The summed E-state index contributed by atoms with van der Waals surface area (Å²) in [6, 6.07) is 9.97. The van der Waals surface area contributed by atoms with Crippen LogP contribution in [0, 0.1) is 11.3 Å². The smallest absolute Gasteiger partial charge is 0.254 e. The maximum absolute atomic E-state index is 13.5. The summed E-state index contributed by atoms with van der Waals surface area (Å²) < 4.78 is 28.7. The second-order valence-electron chi connectivity index (χ2n) is 8.11. The Balaban J connectivity index is 1.34. The van der Waals surface area contributed by atoms with E-state index in [1.54, 1.807) is 10.9 Å². The van der Waals surface area contributed by atoms with E-state index in [0.717, 1.165) is 24.1 Å². The van der Waals surface area contributed by atoms with Crippen LogP contribution in [0.2, 0.25) is 0 Å². The fourth-order valence-electron chi connectivity index (χ4n) is 4.34. The zero-order chi connectivity index (χ0) is 19.1. The van der Waals surface area contributed by atoms with Gasteiger partial charge in [0.05, 0.1) is 17.5 Å². The fraction of sp³-hybridized carbons (Fsp3) is 0.524. The molecule has 0 saturated heterocycles. The third kappa shape index (κ3) is 3.49. The number of halogens is 2. The molecule has 2 aliphatic carbocycles. The van der Waals surface area contributed by atoms with E-state index in [1.807, 2.05) is 37.4 Å². The molecule has 1 spiro atoms. The van der Waals surface area contributed by atoms with E-state index >= 15 is 0 Å². The van der Waals surface area contributed by atoms with Crippen LogP contribution in [0.1, 0.15) is 53.7 Å². The summed E-state index contributed by atoms with van der Waals surface area (Å²) in [4.78, 5) is 12.7. The monoisotopic (exact) mass is 373 g/mol. The van der Waals surface area contributed by atoms with Crippen molar-refractivity contribution in [3.63, 3.8) is 0 Å². The minimum atomic E-state index is -2.46. The molecule has 0 atom stereocenters. The van der Waals surface area contributed by atoms with Crippen molar-refractivity contribution in [1.82, 2.24) is 15.1 Å². The Bertz CT molecular complexity index is 823. The van der Waals surface area contributed by atoms with Gasteiger partial charge in [-0.05, 0) is 37.2 Å². The van der Waals surface area contributed by atoms with Crippen LogP contribution in [0.25, 0.3) is 0 Å². The Morgan fingerprint density at radius 2 is 1.93 bits per heavy atom. The molecule has 6 heteroatoms. The number of nitrogens with one attached hydrogen (secondary N) is 1. The molecule has 1 aromatic heterocycles. The van der Waals surface area contributed by atoms with Crippen molar-refractivity contribution >= 4 is 5.91 Å². The summed E-state index contributed by atoms with van der Waals surface area (Å²) in [5.41, 5.74) is 1.86. The number of nitrogens with zero attached hydrogens (tertiary/aromatic N) is 2. The number of rotatable bonds is 5. The summed E-state index contributed by atoms with van der Waals surface area (Å²) in [6.07, 6.45) is 4.98. The first-order valence-electron chi connectivity index (χ1n) is 9.61. The van der Waals surface area contributed by atoms with Gasteiger partial charge in [-0.3, -0.25) is 9.48 Å². The van der Waals surface area contributed by atoms with Gasteiger partial charge in [-0.15, -0.1) is 0 Å². The first-order chi connectivity index (χ1) is 12.9. The first-order valence-corrected chi connectivity index (χ1v) is 9.61. The lowest BCUT2D eigenvalue weighted by Gasteiger charge is -2.28. The lowest BCUT2D eigenvalue weighted by molar-refractivity contribution is 0.0403. The molecule has 1 aromatic carbocycles. The Kier molecular flexibility index (Phi) is 4.52. The van der Waals surface area contributed by atoms with E-state index < -0.39 is 11.3 Å². The highest BCUT2D eigenvalue weighted by atomic mass is 19.3. The number of amides is 1. The van der Waals surface area contributed by atoms with E-state index in [0.29, 0.717) is 31.4 Å². The highest BCUT2D eigenvalue weighted by Gasteiger charge is 2.70. The highest BCUT2D eigenvalue weighted by Crippen LogP contribution is 2.67. The molecule has 2 aliphatic rings. The Morgan fingerprint density at radius 3 is 2.56 bits per heavy atom. The predicted molar refractivity (Wildman–Crippen MR) is 98.7 cm³/mol. The third-order valence-electron chi connectivity index (χ3n) is 6.35. The summed E-state index contributed by atoms with van der Waals surface area (Å²) in [6.45, 7) is 0.542. The molecular formula is C21H25F2N3O. The average Bonchev–Trinajstić information content (AvgIpc) is 2.99. The molecule has 0 radical (unpaired) electrons. The van der Waals surface area contributed by atoms with Gasteiger partial charge in [0.25, 0.3) is 11.8 Å². The van der Waals surface area contributed by atoms with E-state index in [-0.39, 0.29) is 18.2 Å². The summed E-state index contributed by atoms with van der Waals surface area (Å²) in [5, 5.41) is 7.24. The van der Waals surface area contributed by atoms with Crippen LogP contribution in [-0.4, -0.2) is 28.2 Å². The van der Waals surface area contributed by atoms with E-state index in [1.165, 1.54) is 0 Å². The number of aryl methyl sites for hydroxylation is 1. The van der Waals surface area contributed by atoms with Gasteiger partial charge in [-0.2, -0.15) is 5.10 Å². The second-order valence-corrected chi connectivity index (χ2v) is 8.11. The average molecular weight is 373 g/mol. The molecular weight excluding hydrogens is 348 g/mol. The van der Waals surface area contributed by atoms with Crippen LogP contribution >= 0.6 is 0 Å². The summed E-state index contributed by atoms with van der Waals surface area (Å²) in [7, 11) is 1.84. The third-order valence-corrected chi connectivity index (χ3v) is 6.35. The van der Waals surface area contributed by atoms with E-state index in [9.17, 15) is 13.6 Å². The lowest BCUT2D eigenvalue weighted by Crippen LogP contribution is -2.32. The van der Waals surface area contributed by atoms with Crippen molar-refractivity contribution in [2.45, 2.75) is 44.4 Å². The number of benzene rings is 1. The van der Waals surface area contributed by atoms with Crippen LogP contribution in [0.3, 0.4) is 0 Å². The van der Waals surface area contributed by atoms with Gasteiger partial charge >= 0.3 is 0 Å². The molecule has 1 N–H and O–H groups in total. The predicted octanol–water partition coefficient (Wildman–Crippen LogP) is 3.96. The number of hydrogen-bond acceptors (Lipinski definition) is 2. The molecule has 144 valence electrons. The zero-order valence-corrected chi connectivity index (χ0v) is 15.5. The number of aromatic nitrogens is 2. The molecule has 27 heavy (non-hydrogen) atoms. The number of carbonyl (C=O) groups excluding carboxylic acids is 1. The molecule has 1 amide bonds. The van der Waals surface area contributed by atoms with Crippen molar-refractivity contribution in [2.75, 3.05) is 6.54 Å². The number of hydrogen-bond donors (Lipinski definition) is 1. The molecule has 1 heterocycles. The largest absolute Gasteiger partial charge is 0.352 e. The molecule has 2 aromatic rings. The van der Waals surface area contributed by atoms with Crippen LogP contribution in [-0.2, 0) is 13.5 Å². The summed E-state index contributed by atoms with van der Waals surface area (Å²) in [5.74, 6) is -2.31. The minimum Gasteiger partial charge on any atom is -0.352 e. The van der Waals surface area contributed by atoms with Gasteiger partial charge in [-0.1, -0.05) is 30.3 Å². The highest BCUT2D eigenvalue weighted by molar-refractivity contribution is 5.95. The molecule has 4 nitrogen and oxygen atoms in total. The second kappa shape index (κ2) is 6.73. The Morgan fingerprint density at radius 1 is 1.26 bits per heavy atom. The minimum absolute atomic E-state index is 0.0532. The Labute approximate surface area is 158 Å². The molecule has 4 rings (SSSR count). The first kappa shape index (κ1) is 18.1. The van der Waals surface area contributed by atoms with Crippen LogP contribution in [0.5, 0.6) is 0 Å². The number of carbonyl (C=O) groups is 1. The maximum atomic E-state index is 13.5. The molecule has 0 unspecified atom stereocenters. The van der Waals surface area contributed by atoms with Crippen molar-refractivity contribution in [3.8, 4) is 0 Å². The SMILES string of the molecule is Cn1ncc(C(=O)NCC2CCC3(CC2)CC3(F)F)c1Cc1ccccc1. The summed E-state index contributed by atoms with van der Waals surface area (Å²) >= 11 is 0. The molecule has 0 aliphatic heterocycles. The van der Waals surface area contributed by atoms with Crippen molar-refractivity contribution < 1.29 is 13.6 Å². The topological polar surface area (TPSA) is 46.9 Å². The van der Waals surface area contributed by atoms with Crippen LogP contribution in [0.4, 0.5) is 8.78 Å². The fourth-order valence-corrected chi connectivity index (χ4v) is 4.34. The van der Waals surface area contributed by atoms with Crippen molar-refractivity contribution in [3.05, 3.63) is 53.3 Å². The standard InChI is InChI=1S/C21H25F2N3O/c1-26-18(11-15-5-3-2-4-6-15)17(13-25-26)19(27)24-12-16-7-9-20(10-8-16)14-21(20,22)23/h2-6,13,16H,7-12,14H2,1H3,(H,24,27). The van der Waals surface area contributed by atoms with Gasteiger partial charge < -0.3 is 5.32 Å². The van der Waals surface area contributed by atoms with Crippen LogP contribution in [0.15, 0.2) is 36.5 Å². The van der Waals surface area contributed by atoms with Gasteiger partial charge in [-0.25, -0.2) is 8.78 Å². The number of alkyl halides is 2. The Hall–Kier alpha value is -2.24. The van der Waals surface area contributed by atoms with Gasteiger partial charge in [0, 0.05) is 31.8 Å². The molecule has 0 bridgehead atoms. The zero-order valence-electron chi connectivity index (χ0n) is 15.5. The van der Waals surface area contributed by atoms with E-state index in [4.69, 9.17) is 0 Å². The maximum Gasteiger partial charge on any atom is 0.254 e. The van der Waals surface area contributed by atoms with E-state index in [2.05, 4.69) is 10.4 Å². The molecule has 2 fully saturated rings. The normalized spacial score (nSPS) is 26.1. The van der Waals surface area contributed by atoms with Crippen LogP contribution < -0.4 is 5.32 Å².